The summed E-state index contributed by atoms with van der Waals surface area (Å²) in [5, 5.41) is 2.80. The fraction of sp³-hybridized carbons (Fsp3) is 0.235. The van der Waals surface area contributed by atoms with E-state index in [4.69, 9.17) is 4.74 Å². The van der Waals surface area contributed by atoms with Crippen molar-refractivity contribution in [3.05, 3.63) is 59.7 Å². The van der Waals surface area contributed by atoms with Crippen molar-refractivity contribution in [2.45, 2.75) is 13.5 Å². The van der Waals surface area contributed by atoms with Gasteiger partial charge in [-0.05, 0) is 42.8 Å². The molecule has 0 aromatic heterocycles. The van der Waals surface area contributed by atoms with E-state index in [2.05, 4.69) is 10.0 Å². The van der Waals surface area contributed by atoms with Crippen LogP contribution in [0.2, 0.25) is 0 Å². The highest BCUT2D eigenvalue weighted by Crippen LogP contribution is 2.14. The highest BCUT2D eigenvalue weighted by Gasteiger charge is 2.08. The Bertz CT molecular complexity index is 802. The van der Waals surface area contributed by atoms with Crippen LogP contribution in [0.4, 0.5) is 5.69 Å². The summed E-state index contributed by atoms with van der Waals surface area (Å²) < 4.78 is 30.2. The summed E-state index contributed by atoms with van der Waals surface area (Å²) in [5.41, 5.74) is 1.68. The van der Waals surface area contributed by atoms with Crippen LogP contribution in [0.25, 0.3) is 0 Å². The molecule has 0 heterocycles. The van der Waals surface area contributed by atoms with Crippen LogP contribution in [0, 0.1) is 0 Å². The standard InChI is InChI=1S/C17H20N2O4S/c1-3-23-16-9-7-13(8-10-16)12-18-17(20)14-5-4-6-15(11-14)19-24(2,21)22/h4-11,19H,3,12H2,1-2H3,(H,18,20). The van der Waals surface area contributed by atoms with Crippen LogP contribution in [0.3, 0.4) is 0 Å². The van der Waals surface area contributed by atoms with Crippen molar-refractivity contribution in [1.29, 1.82) is 0 Å². The number of sulfonamides is 1. The number of amides is 1. The number of benzene rings is 2. The first-order valence-electron chi connectivity index (χ1n) is 7.45. The first-order chi connectivity index (χ1) is 11.4. The van der Waals surface area contributed by atoms with Crippen LogP contribution >= 0.6 is 0 Å². The maximum absolute atomic E-state index is 12.2. The van der Waals surface area contributed by atoms with Gasteiger partial charge in [0.05, 0.1) is 12.9 Å². The lowest BCUT2D eigenvalue weighted by molar-refractivity contribution is 0.0951. The Morgan fingerprint density at radius 3 is 2.46 bits per heavy atom. The first kappa shape index (κ1) is 17.8. The van der Waals surface area contributed by atoms with Gasteiger partial charge in [-0.25, -0.2) is 8.42 Å². The Kier molecular flexibility index (Phi) is 5.81. The molecule has 1 amide bonds. The molecule has 0 aliphatic heterocycles. The van der Waals surface area contributed by atoms with Gasteiger partial charge >= 0.3 is 0 Å². The number of carbonyl (C=O) groups excluding carboxylic acids is 1. The molecule has 0 aliphatic carbocycles. The molecule has 2 rings (SSSR count). The molecule has 128 valence electrons. The Morgan fingerprint density at radius 1 is 1.12 bits per heavy atom. The Balaban J connectivity index is 1.98. The minimum Gasteiger partial charge on any atom is -0.494 e. The summed E-state index contributed by atoms with van der Waals surface area (Å²) >= 11 is 0. The van der Waals surface area contributed by atoms with E-state index >= 15 is 0 Å². The smallest absolute Gasteiger partial charge is 0.251 e. The predicted octanol–water partition coefficient (Wildman–Crippen LogP) is 2.39. The normalized spacial score (nSPS) is 10.9. The minimum absolute atomic E-state index is 0.277. The third kappa shape index (κ3) is 5.58. The largest absolute Gasteiger partial charge is 0.494 e. The van der Waals surface area contributed by atoms with Crippen molar-refractivity contribution in [3.8, 4) is 5.75 Å². The molecule has 24 heavy (non-hydrogen) atoms. The lowest BCUT2D eigenvalue weighted by atomic mass is 10.1. The Hall–Kier alpha value is -2.54. The topological polar surface area (TPSA) is 84.5 Å². The summed E-state index contributed by atoms with van der Waals surface area (Å²) in [6.45, 7) is 2.89. The van der Waals surface area contributed by atoms with Crippen LogP contribution < -0.4 is 14.8 Å². The number of anilines is 1. The van der Waals surface area contributed by atoms with E-state index in [9.17, 15) is 13.2 Å². The molecule has 2 aromatic carbocycles. The van der Waals surface area contributed by atoms with Crippen LogP contribution in [-0.4, -0.2) is 27.2 Å². The first-order valence-corrected chi connectivity index (χ1v) is 9.34. The third-order valence-corrected chi connectivity index (χ3v) is 3.72. The molecule has 0 bridgehead atoms. The molecule has 7 heteroatoms. The second kappa shape index (κ2) is 7.83. The highest BCUT2D eigenvalue weighted by molar-refractivity contribution is 7.92. The van der Waals surface area contributed by atoms with Crippen molar-refractivity contribution >= 4 is 21.6 Å². The Labute approximate surface area is 141 Å². The molecular weight excluding hydrogens is 328 g/mol. The minimum atomic E-state index is -3.38. The van der Waals surface area contributed by atoms with Crippen LogP contribution in [0.15, 0.2) is 48.5 Å². The molecule has 0 saturated heterocycles. The Morgan fingerprint density at radius 2 is 1.83 bits per heavy atom. The maximum atomic E-state index is 12.2. The number of carbonyl (C=O) groups is 1. The van der Waals surface area contributed by atoms with Gasteiger partial charge in [0.2, 0.25) is 10.0 Å². The van der Waals surface area contributed by atoms with E-state index in [1.54, 1.807) is 18.2 Å². The van der Waals surface area contributed by atoms with Gasteiger partial charge in [-0.3, -0.25) is 9.52 Å². The maximum Gasteiger partial charge on any atom is 0.251 e. The van der Waals surface area contributed by atoms with Gasteiger partial charge < -0.3 is 10.1 Å². The van der Waals surface area contributed by atoms with Crippen molar-refractivity contribution in [2.75, 3.05) is 17.6 Å². The molecule has 0 spiro atoms. The van der Waals surface area contributed by atoms with E-state index < -0.39 is 10.0 Å². The van der Waals surface area contributed by atoms with Gasteiger partial charge in [0.15, 0.2) is 0 Å². The number of rotatable bonds is 7. The zero-order valence-electron chi connectivity index (χ0n) is 13.6. The van der Waals surface area contributed by atoms with Crippen LogP contribution in [0.5, 0.6) is 5.75 Å². The van der Waals surface area contributed by atoms with E-state index in [1.165, 1.54) is 6.07 Å². The van der Waals surface area contributed by atoms with E-state index in [1.807, 2.05) is 31.2 Å². The fourth-order valence-electron chi connectivity index (χ4n) is 2.09. The lowest BCUT2D eigenvalue weighted by Crippen LogP contribution is -2.23. The van der Waals surface area contributed by atoms with Crippen LogP contribution in [0.1, 0.15) is 22.8 Å². The van der Waals surface area contributed by atoms with Gasteiger partial charge in [0, 0.05) is 17.8 Å². The molecule has 2 aromatic rings. The molecule has 2 N–H and O–H groups in total. The third-order valence-electron chi connectivity index (χ3n) is 3.12. The lowest BCUT2D eigenvalue weighted by Gasteiger charge is -2.09. The van der Waals surface area contributed by atoms with Gasteiger partial charge in [0.1, 0.15) is 5.75 Å². The molecule has 0 unspecified atom stereocenters. The molecule has 0 aliphatic rings. The van der Waals surface area contributed by atoms with Crippen molar-refractivity contribution in [3.63, 3.8) is 0 Å². The number of ether oxygens (including phenoxy) is 1. The molecule has 0 saturated carbocycles. The number of hydrogen-bond acceptors (Lipinski definition) is 4. The fourth-order valence-corrected chi connectivity index (χ4v) is 2.65. The molecular formula is C17H20N2O4S. The second-order valence-electron chi connectivity index (χ2n) is 5.21. The summed E-state index contributed by atoms with van der Waals surface area (Å²) in [6, 6.07) is 13.8. The van der Waals surface area contributed by atoms with Gasteiger partial charge in [-0.2, -0.15) is 0 Å². The molecule has 0 atom stereocenters. The summed E-state index contributed by atoms with van der Waals surface area (Å²) in [5.74, 6) is 0.508. The van der Waals surface area contributed by atoms with Crippen molar-refractivity contribution in [2.24, 2.45) is 0 Å². The van der Waals surface area contributed by atoms with Crippen LogP contribution in [-0.2, 0) is 16.6 Å². The zero-order valence-corrected chi connectivity index (χ0v) is 14.4. The summed E-state index contributed by atoms with van der Waals surface area (Å²) in [7, 11) is -3.38. The van der Waals surface area contributed by atoms with Crippen molar-refractivity contribution in [1.82, 2.24) is 5.32 Å². The van der Waals surface area contributed by atoms with E-state index in [0.717, 1.165) is 17.6 Å². The van der Waals surface area contributed by atoms with Gasteiger partial charge in [0.25, 0.3) is 5.91 Å². The van der Waals surface area contributed by atoms with E-state index in [-0.39, 0.29) is 5.91 Å². The molecule has 6 nitrogen and oxygen atoms in total. The average Bonchev–Trinajstić information content (AvgIpc) is 2.53. The average molecular weight is 348 g/mol. The van der Waals surface area contributed by atoms with Gasteiger partial charge in [-0.15, -0.1) is 0 Å². The number of nitrogens with one attached hydrogen (secondary N) is 2. The molecule has 0 radical (unpaired) electrons. The number of hydrogen-bond donors (Lipinski definition) is 2. The SMILES string of the molecule is CCOc1ccc(CNC(=O)c2cccc(NS(C)(=O)=O)c2)cc1. The highest BCUT2D eigenvalue weighted by atomic mass is 32.2. The monoisotopic (exact) mass is 348 g/mol. The second-order valence-corrected chi connectivity index (χ2v) is 6.96. The quantitative estimate of drug-likeness (QED) is 0.805. The van der Waals surface area contributed by atoms with Crippen molar-refractivity contribution < 1.29 is 17.9 Å². The summed E-state index contributed by atoms with van der Waals surface area (Å²) in [4.78, 5) is 12.2. The van der Waals surface area contributed by atoms with E-state index in [0.29, 0.717) is 24.4 Å². The van der Waals surface area contributed by atoms with Gasteiger partial charge in [-0.1, -0.05) is 18.2 Å². The predicted molar refractivity (Wildman–Crippen MR) is 93.7 cm³/mol. The molecule has 0 fully saturated rings. The summed E-state index contributed by atoms with van der Waals surface area (Å²) in [6.07, 6.45) is 1.06. The zero-order chi connectivity index (χ0) is 17.6.